The summed E-state index contributed by atoms with van der Waals surface area (Å²) < 4.78 is 19.8. The average Bonchev–Trinajstić information content (AvgIpc) is 2.98. The van der Waals surface area contributed by atoms with Crippen molar-refractivity contribution in [3.05, 3.63) is 52.9 Å². The second kappa shape index (κ2) is 3.95. The van der Waals surface area contributed by atoms with E-state index in [0.717, 1.165) is 0 Å². The fourth-order valence-corrected chi connectivity index (χ4v) is 2.34. The number of anilines is 1. The second-order valence-electron chi connectivity index (χ2n) is 4.65. The molecule has 0 fully saturated rings. The molecule has 0 aliphatic carbocycles. The molecule has 104 valence electrons. The van der Waals surface area contributed by atoms with Crippen molar-refractivity contribution in [1.82, 2.24) is 14.4 Å². The number of benzene rings is 1. The molecule has 6 nitrogen and oxygen atoms in total. The maximum atomic E-state index is 13.3. The molecule has 1 aromatic carbocycles. The number of nitrogen functional groups attached to an aromatic ring is 1. The summed E-state index contributed by atoms with van der Waals surface area (Å²) in [4.78, 5) is 18.1. The van der Waals surface area contributed by atoms with Crippen LogP contribution in [0.15, 0.2) is 45.7 Å². The topological polar surface area (TPSA) is 89.3 Å². The number of hydrogen-bond acceptors (Lipinski definition) is 4. The lowest BCUT2D eigenvalue weighted by molar-refractivity contribution is 0.555. The van der Waals surface area contributed by atoms with Crippen LogP contribution in [0.4, 0.5) is 10.2 Å². The van der Waals surface area contributed by atoms with Crippen LogP contribution in [0.25, 0.3) is 28.0 Å². The first-order chi connectivity index (χ1) is 10.1. The Morgan fingerprint density at radius 3 is 3.00 bits per heavy atom. The fourth-order valence-electron chi connectivity index (χ4n) is 2.34. The Balaban J connectivity index is 1.98. The van der Waals surface area contributed by atoms with Crippen LogP contribution in [0.2, 0.25) is 0 Å². The number of imidazole rings is 1. The monoisotopic (exact) mass is 284 g/mol. The molecule has 0 unspecified atom stereocenters. The molecule has 7 heteroatoms. The number of fused-ring (bicyclic) bond motifs is 2. The summed E-state index contributed by atoms with van der Waals surface area (Å²) in [5.41, 5.74) is 8.77. The third-order valence-electron chi connectivity index (χ3n) is 3.31. The first kappa shape index (κ1) is 11.7. The number of hydrogen-bond donors (Lipinski definition) is 2. The minimum atomic E-state index is -0.521. The molecule has 0 saturated heterocycles. The number of nitrogens with zero attached hydrogens (tertiary/aromatic N) is 2. The molecule has 3 heterocycles. The third-order valence-corrected chi connectivity index (χ3v) is 3.31. The van der Waals surface area contributed by atoms with Crippen LogP contribution in [-0.4, -0.2) is 14.4 Å². The smallest absolute Gasteiger partial charge is 0.408 e. The van der Waals surface area contributed by atoms with Gasteiger partial charge in [-0.3, -0.25) is 9.38 Å². The molecule has 0 atom stereocenters. The average molecular weight is 284 g/mol. The highest BCUT2D eigenvalue weighted by Crippen LogP contribution is 2.28. The molecule has 4 rings (SSSR count). The Morgan fingerprint density at radius 2 is 2.14 bits per heavy atom. The van der Waals surface area contributed by atoms with Crippen molar-refractivity contribution in [2.45, 2.75) is 0 Å². The molecule has 0 aliphatic rings. The number of pyridine rings is 1. The molecule has 0 spiro atoms. The molecule has 3 aromatic heterocycles. The van der Waals surface area contributed by atoms with Crippen molar-refractivity contribution in [3.63, 3.8) is 0 Å². The summed E-state index contributed by atoms with van der Waals surface area (Å²) in [5.74, 6) is -0.598. The SMILES string of the molecule is Nc1c(-c2ccc3[nH]c(=O)oc3c2)nc2ccc(F)cn12. The molecule has 0 saturated carbocycles. The number of aromatic amines is 1. The van der Waals surface area contributed by atoms with Gasteiger partial charge in [0.05, 0.1) is 5.52 Å². The Hall–Kier alpha value is -3.09. The standard InChI is InChI=1S/C14H9FN4O2/c15-8-2-4-11-18-12(13(16)19(11)6-8)7-1-3-9-10(5-7)21-14(20)17-9/h1-6H,16H2,(H,17,20). The predicted molar refractivity (Wildman–Crippen MR) is 75.4 cm³/mol. The highest BCUT2D eigenvalue weighted by molar-refractivity contribution is 5.83. The number of nitrogens with one attached hydrogen (secondary N) is 1. The van der Waals surface area contributed by atoms with E-state index in [-0.39, 0.29) is 0 Å². The minimum absolute atomic E-state index is 0.321. The summed E-state index contributed by atoms with van der Waals surface area (Å²) in [6, 6.07) is 8.01. The lowest BCUT2D eigenvalue weighted by atomic mass is 10.1. The maximum absolute atomic E-state index is 13.3. The summed E-state index contributed by atoms with van der Waals surface area (Å²) in [5, 5.41) is 0. The number of aromatic nitrogens is 3. The first-order valence-electron chi connectivity index (χ1n) is 6.18. The van der Waals surface area contributed by atoms with Gasteiger partial charge in [0.2, 0.25) is 0 Å². The van der Waals surface area contributed by atoms with E-state index in [1.54, 1.807) is 24.3 Å². The lowest BCUT2D eigenvalue weighted by Crippen LogP contribution is -1.94. The number of halogens is 1. The third kappa shape index (κ3) is 1.71. The van der Waals surface area contributed by atoms with Crippen molar-refractivity contribution in [1.29, 1.82) is 0 Å². The largest absolute Gasteiger partial charge is 0.417 e. The molecule has 3 N–H and O–H groups in total. The van der Waals surface area contributed by atoms with Gasteiger partial charge in [-0.15, -0.1) is 0 Å². The number of rotatable bonds is 1. The Morgan fingerprint density at radius 1 is 1.29 bits per heavy atom. The van der Waals surface area contributed by atoms with Gasteiger partial charge in [0.1, 0.15) is 23.0 Å². The number of oxazole rings is 1. The minimum Gasteiger partial charge on any atom is -0.408 e. The molecule has 0 bridgehead atoms. The molecule has 21 heavy (non-hydrogen) atoms. The Labute approximate surface area is 116 Å². The number of H-pyrrole nitrogens is 1. The van der Waals surface area contributed by atoms with E-state index in [4.69, 9.17) is 10.2 Å². The van der Waals surface area contributed by atoms with Crippen LogP contribution < -0.4 is 11.5 Å². The van der Waals surface area contributed by atoms with Crippen LogP contribution in [0.1, 0.15) is 0 Å². The molecule has 0 amide bonds. The second-order valence-corrected chi connectivity index (χ2v) is 4.65. The van der Waals surface area contributed by atoms with Gasteiger partial charge in [-0.25, -0.2) is 14.2 Å². The zero-order chi connectivity index (χ0) is 14.6. The van der Waals surface area contributed by atoms with E-state index in [1.807, 2.05) is 0 Å². The molecular weight excluding hydrogens is 275 g/mol. The summed E-state index contributed by atoms with van der Waals surface area (Å²) >= 11 is 0. The highest BCUT2D eigenvalue weighted by Gasteiger charge is 2.13. The molecule has 0 radical (unpaired) electrons. The molecule has 0 aliphatic heterocycles. The quantitative estimate of drug-likeness (QED) is 0.560. The van der Waals surface area contributed by atoms with E-state index in [9.17, 15) is 9.18 Å². The van der Waals surface area contributed by atoms with E-state index in [2.05, 4.69) is 9.97 Å². The maximum Gasteiger partial charge on any atom is 0.417 e. The van der Waals surface area contributed by atoms with Gasteiger partial charge in [-0.05, 0) is 24.3 Å². The van der Waals surface area contributed by atoms with Crippen molar-refractivity contribution >= 4 is 22.6 Å². The summed E-state index contributed by atoms with van der Waals surface area (Å²) in [7, 11) is 0. The van der Waals surface area contributed by atoms with Gasteiger partial charge in [0.15, 0.2) is 5.58 Å². The zero-order valence-electron chi connectivity index (χ0n) is 10.6. The van der Waals surface area contributed by atoms with E-state index in [1.165, 1.54) is 16.7 Å². The van der Waals surface area contributed by atoms with Crippen LogP contribution in [0.5, 0.6) is 0 Å². The van der Waals surface area contributed by atoms with Gasteiger partial charge < -0.3 is 10.2 Å². The Bertz CT molecular complexity index is 1040. The van der Waals surface area contributed by atoms with Gasteiger partial charge >= 0.3 is 5.76 Å². The number of nitrogens with two attached hydrogens (primary N) is 1. The van der Waals surface area contributed by atoms with Crippen molar-refractivity contribution < 1.29 is 8.81 Å². The lowest BCUT2D eigenvalue weighted by Gasteiger charge is -1.99. The van der Waals surface area contributed by atoms with E-state index in [0.29, 0.717) is 33.8 Å². The fraction of sp³-hybridized carbons (Fsp3) is 0. The van der Waals surface area contributed by atoms with Crippen LogP contribution in [0, 0.1) is 5.82 Å². The molecule has 4 aromatic rings. The van der Waals surface area contributed by atoms with Crippen LogP contribution in [-0.2, 0) is 0 Å². The summed E-state index contributed by atoms with van der Waals surface area (Å²) in [6.45, 7) is 0. The van der Waals surface area contributed by atoms with Gasteiger partial charge in [-0.2, -0.15) is 0 Å². The van der Waals surface area contributed by atoms with Crippen LogP contribution >= 0.6 is 0 Å². The summed E-state index contributed by atoms with van der Waals surface area (Å²) in [6.07, 6.45) is 1.27. The zero-order valence-corrected chi connectivity index (χ0v) is 10.6. The van der Waals surface area contributed by atoms with Crippen molar-refractivity contribution in [2.24, 2.45) is 0 Å². The van der Waals surface area contributed by atoms with Crippen LogP contribution in [0.3, 0.4) is 0 Å². The first-order valence-corrected chi connectivity index (χ1v) is 6.18. The normalized spacial score (nSPS) is 11.5. The predicted octanol–water partition coefficient (Wildman–Crippen LogP) is 2.16. The van der Waals surface area contributed by atoms with Gasteiger partial charge in [0, 0.05) is 11.8 Å². The van der Waals surface area contributed by atoms with Crippen molar-refractivity contribution in [2.75, 3.05) is 5.73 Å². The van der Waals surface area contributed by atoms with E-state index >= 15 is 0 Å². The Kier molecular flexibility index (Phi) is 2.20. The highest BCUT2D eigenvalue weighted by atomic mass is 19.1. The van der Waals surface area contributed by atoms with Gasteiger partial charge in [-0.1, -0.05) is 6.07 Å². The molecular formula is C14H9FN4O2. The van der Waals surface area contributed by atoms with Gasteiger partial charge in [0.25, 0.3) is 0 Å². The van der Waals surface area contributed by atoms with Crippen molar-refractivity contribution in [3.8, 4) is 11.3 Å². The van der Waals surface area contributed by atoms with E-state index < -0.39 is 11.6 Å².